The Labute approximate surface area is 358 Å². The molecule has 0 atom stereocenters. The van der Waals surface area contributed by atoms with E-state index in [0.717, 1.165) is 82.8 Å². The molecule has 0 fully saturated rings. The average molecular weight is 792 g/mol. The van der Waals surface area contributed by atoms with E-state index in [1.54, 1.807) is 0 Å². The van der Waals surface area contributed by atoms with Crippen LogP contribution in [0.3, 0.4) is 0 Å². The molecule has 0 saturated carbocycles. The van der Waals surface area contributed by atoms with Crippen molar-refractivity contribution in [2.45, 2.75) is 5.41 Å². The summed E-state index contributed by atoms with van der Waals surface area (Å²) in [6.45, 7) is 0. The molecule has 1 aliphatic carbocycles. The van der Waals surface area contributed by atoms with Crippen LogP contribution >= 0.6 is 0 Å². The third kappa shape index (κ3) is 4.88. The summed E-state index contributed by atoms with van der Waals surface area (Å²) in [6.07, 6.45) is 0. The second kappa shape index (κ2) is 13.4. The van der Waals surface area contributed by atoms with Gasteiger partial charge in [-0.05, 0) is 86.6 Å². The van der Waals surface area contributed by atoms with Crippen LogP contribution in [-0.4, -0.2) is 0 Å². The number of anilines is 3. The fourth-order valence-corrected chi connectivity index (χ4v) is 10.5. The molecular formula is C59H37NO2. The van der Waals surface area contributed by atoms with Crippen LogP contribution in [0.1, 0.15) is 22.3 Å². The van der Waals surface area contributed by atoms with Crippen molar-refractivity contribution in [3.8, 4) is 22.3 Å². The predicted molar refractivity (Wildman–Crippen MR) is 256 cm³/mol. The van der Waals surface area contributed by atoms with Gasteiger partial charge in [0.15, 0.2) is 5.58 Å². The summed E-state index contributed by atoms with van der Waals surface area (Å²) in [6, 6.07) is 80.8. The van der Waals surface area contributed by atoms with Crippen molar-refractivity contribution < 1.29 is 8.83 Å². The number of nitrogens with zero attached hydrogens (tertiary/aromatic N) is 1. The summed E-state index contributed by atoms with van der Waals surface area (Å²) in [5, 5.41) is 6.57. The van der Waals surface area contributed by atoms with Gasteiger partial charge in [0.2, 0.25) is 0 Å². The number of rotatable bonds is 6. The Kier molecular flexibility index (Phi) is 7.52. The molecule has 13 rings (SSSR count). The minimum absolute atomic E-state index is 0.537. The van der Waals surface area contributed by atoms with Crippen molar-refractivity contribution in [1.82, 2.24) is 0 Å². The van der Waals surface area contributed by atoms with E-state index in [1.165, 1.54) is 33.4 Å². The molecule has 0 unspecified atom stereocenters. The van der Waals surface area contributed by atoms with Crippen molar-refractivity contribution in [3.63, 3.8) is 0 Å². The Morgan fingerprint density at radius 3 is 1.73 bits per heavy atom. The first-order valence-corrected chi connectivity index (χ1v) is 21.3. The topological polar surface area (TPSA) is 29.5 Å². The van der Waals surface area contributed by atoms with Crippen LogP contribution in [0, 0.1) is 0 Å². The zero-order chi connectivity index (χ0) is 40.8. The van der Waals surface area contributed by atoms with Gasteiger partial charge in [0, 0.05) is 44.0 Å². The maximum absolute atomic E-state index is 7.36. The lowest BCUT2D eigenvalue weighted by molar-refractivity contribution is 0.665. The number of para-hydroxylation sites is 4. The van der Waals surface area contributed by atoms with Gasteiger partial charge in [-0.25, -0.2) is 0 Å². The highest BCUT2D eigenvalue weighted by molar-refractivity contribution is 6.23. The molecule has 3 nitrogen and oxygen atoms in total. The van der Waals surface area contributed by atoms with E-state index in [-0.39, 0.29) is 0 Å². The van der Waals surface area contributed by atoms with Crippen molar-refractivity contribution in [1.29, 1.82) is 0 Å². The number of fused-ring (bicyclic) bond motifs is 10. The lowest BCUT2D eigenvalue weighted by Gasteiger charge is -2.34. The first kappa shape index (κ1) is 34.7. The summed E-state index contributed by atoms with van der Waals surface area (Å²) in [4.78, 5) is 2.37. The lowest BCUT2D eigenvalue weighted by atomic mass is 9.67. The van der Waals surface area contributed by atoms with Crippen molar-refractivity contribution in [2.24, 2.45) is 0 Å². The Balaban J connectivity index is 1.09. The summed E-state index contributed by atoms with van der Waals surface area (Å²) in [7, 11) is 0. The normalized spacial score (nSPS) is 13.0. The summed E-state index contributed by atoms with van der Waals surface area (Å²) in [5.74, 6) is 0. The molecule has 0 amide bonds. The van der Waals surface area contributed by atoms with E-state index >= 15 is 0 Å². The SMILES string of the molecule is c1ccc(N(c2ccc3c(c2)C(c2ccccc2)(c2ccccc2)c2ccccc2-3)c2cccc3c2oc2c(-c4cccc5c4oc4ccccc45)c4ccccc4cc23)cc1. The molecule has 0 N–H and O–H groups in total. The molecule has 3 heteroatoms. The Morgan fingerprint density at radius 2 is 0.935 bits per heavy atom. The number of hydrogen-bond acceptors (Lipinski definition) is 3. The number of hydrogen-bond donors (Lipinski definition) is 0. The van der Waals surface area contributed by atoms with E-state index in [1.807, 2.05) is 12.1 Å². The Bertz CT molecular complexity index is 3660. The van der Waals surface area contributed by atoms with Crippen LogP contribution in [0.15, 0.2) is 233 Å². The third-order valence-corrected chi connectivity index (χ3v) is 13.1. The minimum atomic E-state index is -0.537. The Hall–Kier alpha value is -8.14. The number of benzene rings is 10. The van der Waals surface area contributed by atoms with Crippen molar-refractivity contribution >= 4 is 71.7 Å². The second-order valence-corrected chi connectivity index (χ2v) is 16.3. The smallest absolute Gasteiger partial charge is 0.159 e. The molecule has 0 aliphatic heterocycles. The Morgan fingerprint density at radius 1 is 0.339 bits per heavy atom. The highest BCUT2D eigenvalue weighted by atomic mass is 16.3. The van der Waals surface area contributed by atoms with E-state index in [0.29, 0.717) is 0 Å². The zero-order valence-corrected chi connectivity index (χ0v) is 33.6. The first-order valence-electron chi connectivity index (χ1n) is 21.3. The van der Waals surface area contributed by atoms with E-state index in [4.69, 9.17) is 8.83 Å². The quantitative estimate of drug-likeness (QED) is 0.168. The van der Waals surface area contributed by atoms with Gasteiger partial charge < -0.3 is 13.7 Å². The molecule has 2 aromatic heterocycles. The van der Waals surface area contributed by atoms with Gasteiger partial charge in [-0.1, -0.05) is 182 Å². The standard InChI is InChI=1S/C59H37NO2/c1-4-19-39(20-5-1)59(40-21-6-2-7-22-40)51-31-14-12-26-44(51)45-35-34-42(37-52(45)59)60(41-23-8-3-9-24-41)53-32-17-29-48-50-36-38-18-10-11-25-43(38)55(58(50)62-57(48)53)49-30-16-28-47-46-27-13-15-33-54(46)61-56(47)49/h1-37H. The van der Waals surface area contributed by atoms with Crippen LogP contribution in [0.4, 0.5) is 17.1 Å². The van der Waals surface area contributed by atoms with E-state index < -0.39 is 5.41 Å². The lowest BCUT2D eigenvalue weighted by Crippen LogP contribution is -2.28. The average Bonchev–Trinajstić information content (AvgIpc) is 4.01. The van der Waals surface area contributed by atoms with Crippen LogP contribution in [-0.2, 0) is 5.41 Å². The highest BCUT2D eigenvalue weighted by Gasteiger charge is 2.46. The van der Waals surface area contributed by atoms with Crippen molar-refractivity contribution in [2.75, 3.05) is 4.90 Å². The summed E-state index contributed by atoms with van der Waals surface area (Å²) >= 11 is 0. The van der Waals surface area contributed by atoms with E-state index in [9.17, 15) is 0 Å². The van der Waals surface area contributed by atoms with Gasteiger partial charge in [0.05, 0.1) is 11.1 Å². The van der Waals surface area contributed by atoms with Crippen molar-refractivity contribution in [3.05, 3.63) is 247 Å². The molecule has 62 heavy (non-hydrogen) atoms. The fourth-order valence-electron chi connectivity index (χ4n) is 10.5. The maximum atomic E-state index is 7.36. The summed E-state index contributed by atoms with van der Waals surface area (Å²) in [5.41, 5.74) is 15.4. The van der Waals surface area contributed by atoms with Gasteiger partial charge in [-0.2, -0.15) is 0 Å². The number of furan rings is 2. The van der Waals surface area contributed by atoms with Gasteiger partial charge >= 0.3 is 0 Å². The molecule has 0 saturated heterocycles. The largest absolute Gasteiger partial charge is 0.455 e. The molecule has 12 aromatic rings. The predicted octanol–water partition coefficient (Wildman–Crippen LogP) is 16.1. The van der Waals surface area contributed by atoms with Crippen LogP contribution in [0.2, 0.25) is 0 Å². The maximum Gasteiger partial charge on any atom is 0.159 e. The molecule has 10 aromatic carbocycles. The van der Waals surface area contributed by atoms with Gasteiger partial charge in [0.1, 0.15) is 16.7 Å². The molecular weight excluding hydrogens is 755 g/mol. The van der Waals surface area contributed by atoms with Gasteiger partial charge in [0.25, 0.3) is 0 Å². The van der Waals surface area contributed by atoms with Gasteiger partial charge in [-0.3, -0.25) is 0 Å². The van der Waals surface area contributed by atoms with Gasteiger partial charge in [-0.15, -0.1) is 0 Å². The minimum Gasteiger partial charge on any atom is -0.455 e. The molecule has 1 aliphatic rings. The van der Waals surface area contributed by atoms with Crippen LogP contribution < -0.4 is 4.90 Å². The summed E-state index contributed by atoms with van der Waals surface area (Å²) < 4.78 is 14.0. The third-order valence-electron chi connectivity index (χ3n) is 13.1. The molecule has 0 bridgehead atoms. The molecule has 0 radical (unpaired) electrons. The fraction of sp³-hybridized carbons (Fsp3) is 0.0169. The van der Waals surface area contributed by atoms with E-state index in [2.05, 4.69) is 217 Å². The first-order chi connectivity index (χ1) is 30.8. The zero-order valence-electron chi connectivity index (χ0n) is 33.6. The molecule has 2 heterocycles. The van der Waals surface area contributed by atoms with Crippen LogP contribution in [0.5, 0.6) is 0 Å². The van der Waals surface area contributed by atoms with Crippen LogP contribution in [0.25, 0.3) is 76.9 Å². The second-order valence-electron chi connectivity index (χ2n) is 16.3. The molecule has 0 spiro atoms. The molecule has 290 valence electrons. The highest BCUT2D eigenvalue weighted by Crippen LogP contribution is 2.57. The monoisotopic (exact) mass is 791 g/mol.